The van der Waals surface area contributed by atoms with Crippen molar-refractivity contribution in [2.45, 2.75) is 33.1 Å². The minimum atomic E-state index is -0.266. The third-order valence-corrected chi connectivity index (χ3v) is 7.73. The second kappa shape index (κ2) is 13.8. The van der Waals surface area contributed by atoms with Gasteiger partial charge in [-0.15, -0.1) is 0 Å². The zero-order valence-electron chi connectivity index (χ0n) is 24.4. The van der Waals surface area contributed by atoms with E-state index in [4.69, 9.17) is 4.74 Å². The summed E-state index contributed by atoms with van der Waals surface area (Å²) >= 11 is 0. The number of piperazine rings is 1. The fourth-order valence-corrected chi connectivity index (χ4v) is 5.31. The number of rotatable bonds is 10. The Balaban J connectivity index is 1.53. The Hall–Kier alpha value is -4.33. The molecule has 4 rings (SSSR count). The molecule has 0 unspecified atom stereocenters. The molecule has 3 aromatic carbocycles. The summed E-state index contributed by atoms with van der Waals surface area (Å²) in [5, 5.41) is 2.93. The third kappa shape index (κ3) is 6.88. The van der Waals surface area contributed by atoms with Gasteiger partial charge in [0, 0.05) is 56.2 Å². The first-order valence-electron chi connectivity index (χ1n) is 14.4. The molecule has 1 fully saturated rings. The van der Waals surface area contributed by atoms with Gasteiger partial charge in [-0.25, -0.2) is 0 Å². The summed E-state index contributed by atoms with van der Waals surface area (Å²) in [5.41, 5.74) is 3.44. The van der Waals surface area contributed by atoms with Crippen molar-refractivity contribution in [1.29, 1.82) is 0 Å². The molecule has 0 aromatic heterocycles. The molecule has 1 N–H and O–H groups in total. The van der Waals surface area contributed by atoms with Crippen LogP contribution in [0.4, 0.5) is 11.4 Å². The van der Waals surface area contributed by atoms with E-state index in [0.717, 1.165) is 17.7 Å². The molecule has 0 aliphatic carbocycles. The molecule has 1 aliphatic rings. The number of anilines is 2. The summed E-state index contributed by atoms with van der Waals surface area (Å²) in [5.74, 6) is 0.312. The molecule has 3 aromatic rings. The van der Waals surface area contributed by atoms with Crippen LogP contribution in [-0.4, -0.2) is 73.9 Å². The standard InChI is InChI=1S/C33H40N4O4/c1-5-28(24-11-9-8-10-12-24)32(39)37-21-19-36(20-22-37)30-18-15-26(23-29(30)33(40)35(6-2)7-3)34-31(38)25-13-16-27(41-4)17-14-25/h8-18,23,28H,5-7,19-22H2,1-4H3,(H,34,38)/t28-/m1/s1. The number of nitrogens with one attached hydrogen (secondary N) is 1. The highest BCUT2D eigenvalue weighted by Gasteiger charge is 2.29. The minimum Gasteiger partial charge on any atom is -0.497 e. The first-order chi connectivity index (χ1) is 19.9. The Kier molecular flexibility index (Phi) is 10.0. The number of ether oxygens (including phenoxy) is 1. The average Bonchev–Trinajstić information content (AvgIpc) is 3.02. The Labute approximate surface area is 242 Å². The maximum atomic E-state index is 13.6. The number of nitrogens with zero attached hydrogens (tertiary/aromatic N) is 3. The van der Waals surface area contributed by atoms with Crippen LogP contribution in [0, 0.1) is 0 Å². The number of amides is 3. The molecule has 1 atom stereocenters. The van der Waals surface area contributed by atoms with Crippen molar-refractivity contribution in [3.63, 3.8) is 0 Å². The first-order valence-corrected chi connectivity index (χ1v) is 14.4. The van der Waals surface area contributed by atoms with Gasteiger partial charge in [0.05, 0.1) is 18.6 Å². The molecule has 0 radical (unpaired) electrons. The molecule has 8 heteroatoms. The molecule has 1 saturated heterocycles. The number of carbonyl (C=O) groups is 3. The van der Waals surface area contributed by atoms with Gasteiger partial charge in [-0.2, -0.15) is 0 Å². The summed E-state index contributed by atoms with van der Waals surface area (Å²) in [4.78, 5) is 45.8. The lowest BCUT2D eigenvalue weighted by Gasteiger charge is -2.38. The predicted octanol–water partition coefficient (Wildman–Crippen LogP) is 5.27. The van der Waals surface area contributed by atoms with E-state index in [9.17, 15) is 14.4 Å². The zero-order chi connectivity index (χ0) is 29.4. The molecule has 3 amide bonds. The fourth-order valence-electron chi connectivity index (χ4n) is 5.31. The van der Waals surface area contributed by atoms with Gasteiger partial charge in [-0.1, -0.05) is 37.3 Å². The molecular weight excluding hydrogens is 516 g/mol. The van der Waals surface area contributed by atoms with Crippen molar-refractivity contribution in [2.75, 3.05) is 56.6 Å². The highest BCUT2D eigenvalue weighted by Crippen LogP contribution is 2.29. The van der Waals surface area contributed by atoms with Gasteiger partial charge in [0.15, 0.2) is 0 Å². The van der Waals surface area contributed by atoms with Crippen LogP contribution in [0.1, 0.15) is 59.4 Å². The third-order valence-electron chi connectivity index (χ3n) is 7.73. The SMILES string of the molecule is CC[C@@H](C(=O)N1CCN(c2ccc(NC(=O)c3ccc(OC)cc3)cc2C(=O)N(CC)CC)CC1)c1ccccc1. The first kappa shape index (κ1) is 29.6. The van der Waals surface area contributed by atoms with E-state index in [1.807, 2.05) is 68.1 Å². The van der Waals surface area contributed by atoms with Gasteiger partial charge in [-0.3, -0.25) is 14.4 Å². The minimum absolute atomic E-state index is 0.0841. The van der Waals surface area contributed by atoms with Crippen molar-refractivity contribution in [3.05, 3.63) is 89.5 Å². The lowest BCUT2D eigenvalue weighted by Crippen LogP contribution is -2.50. The van der Waals surface area contributed by atoms with Gasteiger partial charge in [0.1, 0.15) is 5.75 Å². The number of carbonyl (C=O) groups excluding carboxylic acids is 3. The highest BCUT2D eigenvalue weighted by molar-refractivity contribution is 6.06. The second-order valence-electron chi connectivity index (χ2n) is 10.1. The lowest BCUT2D eigenvalue weighted by molar-refractivity contribution is -0.133. The predicted molar refractivity (Wildman–Crippen MR) is 163 cm³/mol. The lowest BCUT2D eigenvalue weighted by atomic mass is 9.94. The number of hydrogen-bond acceptors (Lipinski definition) is 5. The normalized spacial score (nSPS) is 13.9. The van der Waals surface area contributed by atoms with E-state index in [-0.39, 0.29) is 23.6 Å². The molecule has 1 heterocycles. The summed E-state index contributed by atoms with van der Waals surface area (Å²) < 4.78 is 5.18. The number of methoxy groups -OCH3 is 1. The van der Waals surface area contributed by atoms with E-state index < -0.39 is 0 Å². The van der Waals surface area contributed by atoms with Crippen LogP contribution in [0.15, 0.2) is 72.8 Å². The maximum Gasteiger partial charge on any atom is 0.256 e. The Morgan fingerprint density at radius 3 is 2.12 bits per heavy atom. The maximum absolute atomic E-state index is 13.6. The smallest absolute Gasteiger partial charge is 0.256 e. The van der Waals surface area contributed by atoms with Crippen molar-refractivity contribution >= 4 is 29.1 Å². The average molecular weight is 557 g/mol. The fraction of sp³-hybridized carbons (Fsp3) is 0.364. The zero-order valence-corrected chi connectivity index (χ0v) is 24.4. The second-order valence-corrected chi connectivity index (χ2v) is 10.1. The Morgan fingerprint density at radius 2 is 1.54 bits per heavy atom. The summed E-state index contributed by atoms with van der Waals surface area (Å²) in [6, 6.07) is 22.3. The molecule has 216 valence electrons. The van der Waals surface area contributed by atoms with Crippen molar-refractivity contribution in [2.24, 2.45) is 0 Å². The van der Waals surface area contributed by atoms with Crippen molar-refractivity contribution < 1.29 is 19.1 Å². The monoisotopic (exact) mass is 556 g/mol. The van der Waals surface area contributed by atoms with Crippen LogP contribution in [0.25, 0.3) is 0 Å². The molecule has 8 nitrogen and oxygen atoms in total. The molecular formula is C33H40N4O4. The topological polar surface area (TPSA) is 82.2 Å². The highest BCUT2D eigenvalue weighted by atomic mass is 16.5. The quantitative estimate of drug-likeness (QED) is 0.368. The van der Waals surface area contributed by atoms with E-state index in [1.165, 1.54) is 0 Å². The van der Waals surface area contributed by atoms with E-state index >= 15 is 0 Å². The van der Waals surface area contributed by atoms with Gasteiger partial charge in [0.2, 0.25) is 5.91 Å². The van der Waals surface area contributed by atoms with Gasteiger partial charge < -0.3 is 24.8 Å². The molecule has 0 bridgehead atoms. The Morgan fingerprint density at radius 1 is 0.878 bits per heavy atom. The van der Waals surface area contributed by atoms with Crippen molar-refractivity contribution in [1.82, 2.24) is 9.80 Å². The van der Waals surface area contributed by atoms with Crippen LogP contribution in [0.3, 0.4) is 0 Å². The van der Waals surface area contributed by atoms with E-state index in [2.05, 4.69) is 10.2 Å². The molecule has 41 heavy (non-hydrogen) atoms. The van der Waals surface area contributed by atoms with Gasteiger partial charge >= 0.3 is 0 Å². The summed E-state index contributed by atoms with van der Waals surface area (Å²) in [7, 11) is 1.58. The van der Waals surface area contributed by atoms with Crippen LogP contribution in [0.2, 0.25) is 0 Å². The molecule has 0 saturated carbocycles. The van der Waals surface area contributed by atoms with Crippen LogP contribution >= 0.6 is 0 Å². The number of hydrogen-bond donors (Lipinski definition) is 1. The Bertz CT molecular complexity index is 1330. The summed E-state index contributed by atoms with van der Waals surface area (Å²) in [6.45, 7) is 9.52. The number of benzene rings is 3. The van der Waals surface area contributed by atoms with E-state index in [0.29, 0.717) is 61.8 Å². The molecule has 0 spiro atoms. The van der Waals surface area contributed by atoms with Crippen LogP contribution in [-0.2, 0) is 4.79 Å². The van der Waals surface area contributed by atoms with E-state index in [1.54, 1.807) is 42.3 Å². The largest absolute Gasteiger partial charge is 0.497 e. The van der Waals surface area contributed by atoms with Crippen LogP contribution < -0.4 is 15.0 Å². The van der Waals surface area contributed by atoms with Crippen LogP contribution in [0.5, 0.6) is 5.75 Å². The van der Waals surface area contributed by atoms with Gasteiger partial charge in [0.25, 0.3) is 11.8 Å². The summed E-state index contributed by atoms with van der Waals surface area (Å²) in [6.07, 6.45) is 0.745. The molecule has 1 aliphatic heterocycles. The van der Waals surface area contributed by atoms with Gasteiger partial charge in [-0.05, 0) is 68.3 Å². The van der Waals surface area contributed by atoms with Crippen molar-refractivity contribution in [3.8, 4) is 5.75 Å².